The van der Waals surface area contributed by atoms with Crippen molar-refractivity contribution < 1.29 is 9.47 Å². The molecule has 2 aromatic heterocycles. The first-order chi connectivity index (χ1) is 15.2. The van der Waals surface area contributed by atoms with Crippen LogP contribution < -0.4 is 16.4 Å². The minimum absolute atomic E-state index is 0.327. The molecule has 9 nitrogen and oxygen atoms in total. The maximum absolute atomic E-state index is 6.07. The average Bonchev–Trinajstić information content (AvgIpc) is 3.44. The van der Waals surface area contributed by atoms with E-state index in [9.17, 15) is 0 Å². The van der Waals surface area contributed by atoms with Crippen LogP contribution >= 0.6 is 0 Å². The number of nitrogens with two attached hydrogens (primary N) is 1. The van der Waals surface area contributed by atoms with Crippen LogP contribution in [-0.4, -0.2) is 65.1 Å². The molecule has 0 saturated heterocycles. The first-order valence-electron chi connectivity index (χ1n) is 11.8. The molecule has 0 atom stereocenters. The van der Waals surface area contributed by atoms with Crippen LogP contribution in [-0.2, 0) is 9.47 Å². The third kappa shape index (κ3) is 5.84. The van der Waals surface area contributed by atoms with Crippen LogP contribution in [0.2, 0.25) is 0 Å². The number of hydrogen-bond donors (Lipinski definition) is 3. The molecule has 0 radical (unpaired) electrons. The molecule has 2 aromatic rings. The summed E-state index contributed by atoms with van der Waals surface area (Å²) >= 11 is 0. The quantitative estimate of drug-likeness (QED) is 0.465. The number of ether oxygens (including phenoxy) is 2. The minimum atomic E-state index is 0.327. The van der Waals surface area contributed by atoms with Gasteiger partial charge in [-0.05, 0) is 44.9 Å². The summed E-state index contributed by atoms with van der Waals surface area (Å²) in [6.07, 6.45) is 12.0. The van der Waals surface area contributed by atoms with Gasteiger partial charge >= 0.3 is 0 Å². The molecule has 0 bridgehead atoms. The van der Waals surface area contributed by atoms with Gasteiger partial charge in [0.25, 0.3) is 0 Å². The van der Waals surface area contributed by atoms with Crippen molar-refractivity contribution in [1.29, 1.82) is 0 Å². The van der Waals surface area contributed by atoms with Crippen molar-refractivity contribution >= 4 is 22.9 Å². The summed E-state index contributed by atoms with van der Waals surface area (Å²) in [7, 11) is 1.68. The second-order valence-electron chi connectivity index (χ2n) is 8.80. The molecule has 2 aliphatic carbocycles. The van der Waals surface area contributed by atoms with Crippen LogP contribution in [0.25, 0.3) is 11.2 Å². The van der Waals surface area contributed by atoms with E-state index in [2.05, 4.69) is 20.2 Å². The van der Waals surface area contributed by atoms with Gasteiger partial charge < -0.3 is 30.4 Å². The van der Waals surface area contributed by atoms with Gasteiger partial charge in [-0.15, -0.1) is 0 Å². The molecular weight excluding hydrogens is 394 g/mol. The zero-order valence-corrected chi connectivity index (χ0v) is 18.7. The highest BCUT2D eigenvalue weighted by molar-refractivity contribution is 5.84. The van der Waals surface area contributed by atoms with Gasteiger partial charge in [-0.3, -0.25) is 0 Å². The summed E-state index contributed by atoms with van der Waals surface area (Å²) in [4.78, 5) is 14.4. The average molecular weight is 432 g/mol. The van der Waals surface area contributed by atoms with Gasteiger partial charge in [0.1, 0.15) is 0 Å². The summed E-state index contributed by atoms with van der Waals surface area (Å²) in [5.74, 6) is 1.49. The Bertz CT molecular complexity index is 814. The Morgan fingerprint density at radius 2 is 1.87 bits per heavy atom. The van der Waals surface area contributed by atoms with Gasteiger partial charge in [0, 0.05) is 38.4 Å². The minimum Gasteiger partial charge on any atom is -0.382 e. The van der Waals surface area contributed by atoms with Crippen LogP contribution in [0.4, 0.5) is 11.8 Å². The van der Waals surface area contributed by atoms with E-state index in [1.165, 1.54) is 25.7 Å². The van der Waals surface area contributed by atoms with Gasteiger partial charge in [-0.1, -0.05) is 12.8 Å². The first kappa shape index (κ1) is 22.2. The number of nitrogens with one attached hydrogen (secondary N) is 2. The lowest BCUT2D eigenvalue weighted by Gasteiger charge is -2.27. The molecule has 172 valence electrons. The summed E-state index contributed by atoms with van der Waals surface area (Å²) in [6.45, 7) is 2.71. The van der Waals surface area contributed by atoms with Crippen LogP contribution in [0.15, 0.2) is 6.33 Å². The fourth-order valence-corrected chi connectivity index (χ4v) is 4.63. The predicted octanol–water partition coefficient (Wildman–Crippen LogP) is 3.09. The zero-order chi connectivity index (χ0) is 21.5. The molecule has 0 spiro atoms. The lowest BCUT2D eigenvalue weighted by molar-refractivity contribution is 0.0705. The fraction of sp³-hybridized carbons (Fsp3) is 0.773. The van der Waals surface area contributed by atoms with Crippen LogP contribution in [0.5, 0.6) is 0 Å². The number of anilines is 2. The van der Waals surface area contributed by atoms with Crippen molar-refractivity contribution in [3.63, 3.8) is 0 Å². The van der Waals surface area contributed by atoms with E-state index in [0.29, 0.717) is 43.9 Å². The number of hydrogen-bond acceptors (Lipinski definition) is 8. The van der Waals surface area contributed by atoms with E-state index < -0.39 is 0 Å². The molecule has 2 aliphatic rings. The molecule has 2 heterocycles. The van der Waals surface area contributed by atoms with Crippen molar-refractivity contribution in [1.82, 2.24) is 19.5 Å². The fourth-order valence-electron chi connectivity index (χ4n) is 4.63. The molecule has 9 heteroatoms. The third-order valence-corrected chi connectivity index (χ3v) is 6.43. The van der Waals surface area contributed by atoms with E-state index in [4.69, 9.17) is 25.2 Å². The standard InChI is InChI=1S/C22H37N7O2/c1-30-13-14-31-12-4-11-24-20-19-21(29(15-25-19)18-5-2-3-6-18)28-22(27-20)26-17-9-7-16(23)8-10-17/h15-18H,2-14,23H2,1H3,(H2,24,26,27,28). The lowest BCUT2D eigenvalue weighted by atomic mass is 9.92. The molecule has 0 unspecified atom stereocenters. The largest absolute Gasteiger partial charge is 0.382 e. The number of rotatable bonds is 11. The summed E-state index contributed by atoms with van der Waals surface area (Å²) in [6, 6.07) is 1.19. The van der Waals surface area contributed by atoms with Crippen molar-refractivity contribution in [2.45, 2.75) is 75.9 Å². The summed E-state index contributed by atoms with van der Waals surface area (Å²) in [5.41, 5.74) is 7.85. The Morgan fingerprint density at radius 3 is 2.65 bits per heavy atom. The maximum atomic E-state index is 6.07. The summed E-state index contributed by atoms with van der Waals surface area (Å²) in [5, 5.41) is 7.04. The maximum Gasteiger partial charge on any atom is 0.227 e. The monoisotopic (exact) mass is 431 g/mol. The van der Waals surface area contributed by atoms with Crippen molar-refractivity contribution in [3.8, 4) is 0 Å². The topological polar surface area (TPSA) is 112 Å². The van der Waals surface area contributed by atoms with Crippen molar-refractivity contribution in [2.75, 3.05) is 44.1 Å². The highest BCUT2D eigenvalue weighted by Crippen LogP contribution is 2.33. The number of aromatic nitrogens is 4. The molecule has 4 N–H and O–H groups in total. The number of fused-ring (bicyclic) bond motifs is 1. The Labute approximate surface area is 184 Å². The SMILES string of the molecule is COCCOCCCNc1nc(NC2CCC(N)CC2)nc2c1ncn2C1CCCC1. The molecule has 2 saturated carbocycles. The van der Waals surface area contributed by atoms with Gasteiger partial charge in [0.15, 0.2) is 17.0 Å². The van der Waals surface area contributed by atoms with Crippen LogP contribution in [0.3, 0.4) is 0 Å². The Balaban J connectivity index is 1.47. The zero-order valence-electron chi connectivity index (χ0n) is 18.7. The van der Waals surface area contributed by atoms with Crippen LogP contribution in [0, 0.1) is 0 Å². The van der Waals surface area contributed by atoms with Gasteiger partial charge in [0.2, 0.25) is 5.95 Å². The molecule has 0 aromatic carbocycles. The molecule has 4 rings (SSSR count). The van der Waals surface area contributed by atoms with Gasteiger partial charge in [0.05, 0.1) is 19.5 Å². The summed E-state index contributed by atoms with van der Waals surface area (Å²) < 4.78 is 12.8. The van der Waals surface area contributed by atoms with E-state index in [-0.39, 0.29) is 0 Å². The highest BCUT2D eigenvalue weighted by Gasteiger charge is 2.23. The van der Waals surface area contributed by atoms with Crippen molar-refractivity contribution in [2.24, 2.45) is 5.73 Å². The molecule has 0 aliphatic heterocycles. The highest BCUT2D eigenvalue weighted by atomic mass is 16.5. The molecule has 2 fully saturated rings. The second kappa shape index (κ2) is 11.1. The smallest absolute Gasteiger partial charge is 0.227 e. The number of methoxy groups -OCH3 is 1. The lowest BCUT2D eigenvalue weighted by Crippen LogP contribution is -2.33. The predicted molar refractivity (Wildman–Crippen MR) is 122 cm³/mol. The Kier molecular flexibility index (Phi) is 7.93. The van der Waals surface area contributed by atoms with Crippen molar-refractivity contribution in [3.05, 3.63) is 6.33 Å². The number of nitrogens with zero attached hydrogens (tertiary/aromatic N) is 4. The normalized spacial score (nSPS) is 22.3. The second-order valence-corrected chi connectivity index (χ2v) is 8.80. The van der Waals surface area contributed by atoms with Gasteiger partial charge in [-0.2, -0.15) is 9.97 Å². The molecule has 0 amide bonds. The Hall–Kier alpha value is -1.97. The van der Waals surface area contributed by atoms with Crippen LogP contribution in [0.1, 0.15) is 63.8 Å². The van der Waals surface area contributed by atoms with Gasteiger partial charge in [-0.25, -0.2) is 4.98 Å². The van der Waals surface area contributed by atoms with E-state index >= 15 is 0 Å². The molecule has 31 heavy (non-hydrogen) atoms. The van der Waals surface area contributed by atoms with E-state index in [1.807, 2.05) is 6.33 Å². The first-order valence-corrected chi connectivity index (χ1v) is 11.8. The third-order valence-electron chi connectivity index (χ3n) is 6.43. The molecular formula is C22H37N7O2. The number of imidazole rings is 1. The van der Waals surface area contributed by atoms with E-state index in [0.717, 1.165) is 55.6 Å². The van der Waals surface area contributed by atoms with E-state index in [1.54, 1.807) is 7.11 Å². The Morgan fingerprint density at radius 1 is 1.06 bits per heavy atom.